The molecule has 2 aromatic rings. The van der Waals surface area contributed by atoms with Gasteiger partial charge in [0.25, 0.3) is 0 Å². The number of nitrogens with zero attached hydrogens (tertiary/aromatic N) is 6. The van der Waals surface area contributed by atoms with Crippen molar-refractivity contribution in [3.05, 3.63) is 11.6 Å². The average molecular weight is 409 g/mol. The fourth-order valence-corrected chi connectivity index (χ4v) is 3.58. The Bertz CT molecular complexity index is 614. The van der Waals surface area contributed by atoms with E-state index in [1.165, 1.54) is 0 Å². The highest BCUT2D eigenvalue weighted by molar-refractivity contribution is 4.86. The predicted molar refractivity (Wildman–Crippen MR) is 108 cm³/mol. The first kappa shape index (κ1) is 23.3. The zero-order chi connectivity index (χ0) is 21.3. The number of rotatable bonds is 14. The lowest BCUT2D eigenvalue weighted by atomic mass is 9.82. The zero-order valence-electron chi connectivity index (χ0n) is 18.1. The van der Waals surface area contributed by atoms with Gasteiger partial charge in [-0.25, -0.2) is 10.2 Å². The Morgan fingerprint density at radius 1 is 0.724 bits per heavy atom. The number of tetrazole rings is 2. The van der Waals surface area contributed by atoms with Crippen molar-refractivity contribution in [2.75, 3.05) is 0 Å². The van der Waals surface area contributed by atoms with E-state index in [1.807, 2.05) is 0 Å². The lowest BCUT2D eigenvalue weighted by molar-refractivity contribution is 0.106. The highest BCUT2D eigenvalue weighted by atomic mass is 16.3. The molecule has 2 atom stereocenters. The van der Waals surface area contributed by atoms with Crippen LogP contribution >= 0.6 is 0 Å². The van der Waals surface area contributed by atoms with Crippen LogP contribution in [0.1, 0.15) is 84.3 Å². The molecule has 2 aromatic heterocycles. The van der Waals surface area contributed by atoms with E-state index in [0.29, 0.717) is 12.8 Å². The highest BCUT2D eigenvalue weighted by Gasteiger charge is 2.23. The molecule has 0 radical (unpaired) electrons. The van der Waals surface area contributed by atoms with Crippen LogP contribution in [-0.4, -0.2) is 63.7 Å². The summed E-state index contributed by atoms with van der Waals surface area (Å²) in [6, 6.07) is 0. The molecule has 0 aliphatic heterocycles. The molecule has 0 bridgehead atoms. The van der Waals surface area contributed by atoms with Gasteiger partial charge in [0.15, 0.2) is 0 Å². The van der Waals surface area contributed by atoms with E-state index >= 15 is 0 Å². The first-order chi connectivity index (χ1) is 13.7. The van der Waals surface area contributed by atoms with Gasteiger partial charge in [0.05, 0.1) is 12.2 Å². The van der Waals surface area contributed by atoms with Crippen LogP contribution in [0, 0.1) is 10.8 Å². The van der Waals surface area contributed by atoms with Crippen LogP contribution in [0.25, 0.3) is 0 Å². The molecule has 2 rings (SSSR count). The second-order valence-corrected chi connectivity index (χ2v) is 9.69. The number of H-pyrrole nitrogens is 2. The van der Waals surface area contributed by atoms with Gasteiger partial charge in [0.2, 0.25) is 0 Å². The van der Waals surface area contributed by atoms with Gasteiger partial charge < -0.3 is 10.2 Å². The zero-order valence-corrected chi connectivity index (χ0v) is 18.1. The van der Waals surface area contributed by atoms with Crippen molar-refractivity contribution in [2.45, 2.75) is 97.7 Å². The van der Waals surface area contributed by atoms with Crippen LogP contribution in [0.5, 0.6) is 0 Å². The van der Waals surface area contributed by atoms with Crippen molar-refractivity contribution in [2.24, 2.45) is 10.8 Å². The quantitative estimate of drug-likeness (QED) is 0.371. The van der Waals surface area contributed by atoms with Gasteiger partial charge in [0.1, 0.15) is 11.6 Å². The predicted octanol–water partition coefficient (Wildman–Crippen LogP) is 2.00. The molecule has 4 N–H and O–H groups in total. The Labute approximate surface area is 172 Å². The van der Waals surface area contributed by atoms with E-state index in [4.69, 9.17) is 0 Å². The summed E-state index contributed by atoms with van der Waals surface area (Å²) in [5.74, 6) is 1.55. The molecule has 0 saturated carbocycles. The molecule has 2 unspecified atom stereocenters. The van der Waals surface area contributed by atoms with Crippen LogP contribution in [-0.2, 0) is 12.8 Å². The Morgan fingerprint density at radius 3 is 1.48 bits per heavy atom. The molecule has 2 heterocycles. The number of hydrogen-bond donors (Lipinski definition) is 4. The van der Waals surface area contributed by atoms with Crippen LogP contribution < -0.4 is 0 Å². The van der Waals surface area contributed by atoms with Crippen molar-refractivity contribution in [1.82, 2.24) is 41.2 Å². The molecule has 0 fully saturated rings. The highest BCUT2D eigenvalue weighted by Crippen LogP contribution is 2.29. The minimum Gasteiger partial charge on any atom is -0.393 e. The molecule has 0 aromatic carbocycles. The molecule has 10 heteroatoms. The number of aromatic nitrogens is 8. The van der Waals surface area contributed by atoms with E-state index in [9.17, 15) is 10.2 Å². The van der Waals surface area contributed by atoms with Crippen molar-refractivity contribution < 1.29 is 10.2 Å². The molecule has 0 spiro atoms. The second-order valence-electron chi connectivity index (χ2n) is 9.69. The van der Waals surface area contributed by atoms with Gasteiger partial charge in [-0.2, -0.15) is 0 Å². The molecule has 0 saturated heterocycles. The normalized spacial score (nSPS) is 14.8. The summed E-state index contributed by atoms with van der Waals surface area (Å²) in [4.78, 5) is 0. The third kappa shape index (κ3) is 9.40. The van der Waals surface area contributed by atoms with E-state index < -0.39 is 0 Å². The van der Waals surface area contributed by atoms with Crippen LogP contribution in [0.4, 0.5) is 0 Å². The molecule has 29 heavy (non-hydrogen) atoms. The van der Waals surface area contributed by atoms with Crippen LogP contribution in [0.3, 0.4) is 0 Å². The molecule has 10 nitrogen and oxygen atoms in total. The Balaban J connectivity index is 1.58. The van der Waals surface area contributed by atoms with Crippen molar-refractivity contribution in [3.8, 4) is 0 Å². The summed E-state index contributed by atoms with van der Waals surface area (Å²) in [7, 11) is 0. The van der Waals surface area contributed by atoms with E-state index in [2.05, 4.69) is 68.9 Å². The maximum Gasteiger partial charge on any atom is 0.148 e. The van der Waals surface area contributed by atoms with Gasteiger partial charge in [-0.15, -0.1) is 10.2 Å². The van der Waals surface area contributed by atoms with Gasteiger partial charge in [-0.3, -0.25) is 0 Å². The number of nitrogens with one attached hydrogen (secondary N) is 2. The number of aliphatic hydroxyl groups excluding tert-OH is 2. The van der Waals surface area contributed by atoms with E-state index in [0.717, 1.165) is 56.6 Å². The van der Waals surface area contributed by atoms with Crippen LogP contribution in [0.15, 0.2) is 0 Å². The largest absolute Gasteiger partial charge is 0.393 e. The van der Waals surface area contributed by atoms with Crippen LogP contribution in [0.2, 0.25) is 0 Å². The average Bonchev–Trinajstić information content (AvgIpc) is 3.32. The standard InChI is InChI=1S/C19H36N8O2/c1-18(2,12-16-20-24-25-21-16)10-8-14(28)6-5-7-15(29)9-11-19(3,4)13-17-22-26-27-23-17/h14-15,28-29H,5-13H2,1-4H3,(H,20,21,24,25)(H,22,23,26,27). The minimum atomic E-state index is -0.343. The van der Waals surface area contributed by atoms with Crippen molar-refractivity contribution in [3.63, 3.8) is 0 Å². The number of aromatic amines is 2. The molecular formula is C19H36N8O2. The summed E-state index contributed by atoms with van der Waals surface area (Å²) in [5, 5.41) is 48.5. The van der Waals surface area contributed by atoms with E-state index in [-0.39, 0.29) is 23.0 Å². The summed E-state index contributed by atoms with van der Waals surface area (Å²) < 4.78 is 0. The monoisotopic (exact) mass is 408 g/mol. The Hall–Kier alpha value is -1.94. The number of hydrogen-bond acceptors (Lipinski definition) is 8. The minimum absolute atomic E-state index is 0.0202. The number of aliphatic hydroxyl groups is 2. The van der Waals surface area contributed by atoms with Gasteiger partial charge in [0, 0.05) is 12.8 Å². The summed E-state index contributed by atoms with van der Waals surface area (Å²) >= 11 is 0. The summed E-state index contributed by atoms with van der Waals surface area (Å²) in [6.07, 6.45) is 6.33. The third-order valence-corrected chi connectivity index (χ3v) is 5.45. The summed E-state index contributed by atoms with van der Waals surface area (Å²) in [6.45, 7) is 8.62. The van der Waals surface area contributed by atoms with E-state index in [1.54, 1.807) is 0 Å². The van der Waals surface area contributed by atoms with Gasteiger partial charge in [-0.1, -0.05) is 27.7 Å². The fourth-order valence-electron chi connectivity index (χ4n) is 3.58. The lowest BCUT2D eigenvalue weighted by Gasteiger charge is -2.25. The van der Waals surface area contributed by atoms with Gasteiger partial charge >= 0.3 is 0 Å². The first-order valence-corrected chi connectivity index (χ1v) is 10.5. The molecule has 0 aliphatic carbocycles. The lowest BCUT2D eigenvalue weighted by Crippen LogP contribution is -2.20. The maximum atomic E-state index is 10.3. The van der Waals surface area contributed by atoms with Crippen molar-refractivity contribution >= 4 is 0 Å². The fraction of sp³-hybridized carbons (Fsp3) is 0.895. The first-order valence-electron chi connectivity index (χ1n) is 10.5. The molecular weight excluding hydrogens is 372 g/mol. The SMILES string of the molecule is CC(C)(CCC(O)CCCC(O)CCC(C)(C)Cc1nnn[nH]1)Cc1nnn[nH]1. The molecule has 164 valence electrons. The maximum absolute atomic E-state index is 10.3. The summed E-state index contributed by atoms with van der Waals surface area (Å²) in [5.41, 5.74) is 0.0403. The smallest absolute Gasteiger partial charge is 0.148 e. The molecule has 0 amide bonds. The Kier molecular flexibility index (Phi) is 8.63. The third-order valence-electron chi connectivity index (χ3n) is 5.45. The molecule has 0 aliphatic rings. The second kappa shape index (κ2) is 10.7. The topological polar surface area (TPSA) is 149 Å². The van der Waals surface area contributed by atoms with Gasteiger partial charge in [-0.05, 0) is 76.6 Å². The Morgan fingerprint density at radius 2 is 1.14 bits per heavy atom. The van der Waals surface area contributed by atoms with Crippen molar-refractivity contribution in [1.29, 1.82) is 0 Å².